The van der Waals surface area contributed by atoms with E-state index in [4.69, 9.17) is 14.2 Å². The molecule has 1 fully saturated rings. The summed E-state index contributed by atoms with van der Waals surface area (Å²) in [5.74, 6) is -0.00975. The molecule has 9 heteroatoms. The number of imide groups is 2. The van der Waals surface area contributed by atoms with Gasteiger partial charge in [0.05, 0.1) is 23.9 Å². The number of methoxy groups -OCH3 is 1. The van der Waals surface area contributed by atoms with Gasteiger partial charge in [-0.25, -0.2) is 9.69 Å². The van der Waals surface area contributed by atoms with Crippen LogP contribution < -0.4 is 24.4 Å². The van der Waals surface area contributed by atoms with E-state index in [0.29, 0.717) is 46.2 Å². The Morgan fingerprint density at radius 1 is 0.973 bits per heavy atom. The van der Waals surface area contributed by atoms with Crippen LogP contribution in [-0.4, -0.2) is 31.6 Å². The molecular weight excluding hydrogens is 540 g/mol. The van der Waals surface area contributed by atoms with Crippen LogP contribution in [0.2, 0.25) is 0 Å². The van der Waals surface area contributed by atoms with Crippen molar-refractivity contribution in [2.24, 2.45) is 0 Å². The lowest BCUT2D eigenvalue weighted by atomic mass is 10.1. The van der Waals surface area contributed by atoms with Crippen LogP contribution in [-0.2, 0) is 16.2 Å². The van der Waals surface area contributed by atoms with Gasteiger partial charge in [0.2, 0.25) is 0 Å². The molecule has 1 N–H and O–H groups in total. The summed E-state index contributed by atoms with van der Waals surface area (Å²) in [6.45, 7) is 2.88. The maximum atomic E-state index is 13.3. The first kappa shape index (κ1) is 26.0. The van der Waals surface area contributed by atoms with Crippen molar-refractivity contribution in [1.82, 2.24) is 5.32 Å². The fraction of sp³-hybridized carbons (Fsp3) is 0.179. The number of anilines is 1. The molecule has 0 bridgehead atoms. The third-order valence-corrected chi connectivity index (χ3v) is 6.05. The van der Waals surface area contributed by atoms with E-state index in [0.717, 1.165) is 16.9 Å². The normalized spacial score (nSPS) is 14.5. The molecule has 0 unspecified atom stereocenters. The number of rotatable bonds is 9. The van der Waals surface area contributed by atoms with Gasteiger partial charge in [0.25, 0.3) is 11.8 Å². The third kappa shape index (κ3) is 6.00. The van der Waals surface area contributed by atoms with E-state index in [1.165, 1.54) is 13.2 Å². The van der Waals surface area contributed by atoms with Crippen LogP contribution in [0.25, 0.3) is 6.08 Å². The number of hydrogen-bond donors (Lipinski definition) is 1. The van der Waals surface area contributed by atoms with Gasteiger partial charge < -0.3 is 14.2 Å². The van der Waals surface area contributed by atoms with Crippen LogP contribution >= 0.6 is 15.9 Å². The molecule has 0 saturated carbocycles. The Balaban J connectivity index is 1.60. The Hall–Kier alpha value is -4.11. The van der Waals surface area contributed by atoms with E-state index in [1.54, 1.807) is 36.4 Å². The average Bonchev–Trinajstić information content (AvgIpc) is 2.90. The highest BCUT2D eigenvalue weighted by Crippen LogP contribution is 2.38. The summed E-state index contributed by atoms with van der Waals surface area (Å²) in [4.78, 5) is 39.3. The number of amides is 4. The van der Waals surface area contributed by atoms with E-state index in [-0.39, 0.29) is 5.57 Å². The largest absolute Gasteiger partial charge is 0.494 e. The number of halogens is 1. The Morgan fingerprint density at radius 2 is 1.70 bits per heavy atom. The second-order valence-electron chi connectivity index (χ2n) is 8.11. The van der Waals surface area contributed by atoms with Crippen molar-refractivity contribution in [2.75, 3.05) is 18.6 Å². The molecule has 4 amide bonds. The highest BCUT2D eigenvalue weighted by atomic mass is 79.9. The second-order valence-corrected chi connectivity index (χ2v) is 8.96. The predicted octanol–water partition coefficient (Wildman–Crippen LogP) is 5.49. The first-order valence-corrected chi connectivity index (χ1v) is 12.4. The lowest BCUT2D eigenvalue weighted by molar-refractivity contribution is -0.122. The smallest absolute Gasteiger partial charge is 0.335 e. The lowest BCUT2D eigenvalue weighted by Gasteiger charge is -2.26. The fourth-order valence-corrected chi connectivity index (χ4v) is 4.24. The number of carbonyl (C=O) groups excluding carboxylic acids is 3. The Labute approximate surface area is 223 Å². The van der Waals surface area contributed by atoms with Crippen molar-refractivity contribution in [2.45, 2.75) is 20.0 Å². The minimum Gasteiger partial charge on any atom is -0.494 e. The Kier molecular flexibility index (Phi) is 8.25. The zero-order valence-corrected chi connectivity index (χ0v) is 21.9. The number of benzene rings is 3. The zero-order valence-electron chi connectivity index (χ0n) is 20.3. The summed E-state index contributed by atoms with van der Waals surface area (Å²) < 4.78 is 17.6. The fourth-order valence-electron chi connectivity index (χ4n) is 3.66. The molecule has 1 heterocycles. The monoisotopic (exact) mass is 564 g/mol. The topological polar surface area (TPSA) is 94.2 Å². The molecule has 8 nitrogen and oxygen atoms in total. The number of nitrogens with one attached hydrogen (secondary N) is 1. The highest BCUT2D eigenvalue weighted by molar-refractivity contribution is 9.10. The maximum absolute atomic E-state index is 13.3. The van der Waals surface area contributed by atoms with Gasteiger partial charge in [-0.2, -0.15) is 0 Å². The molecule has 0 spiro atoms. The van der Waals surface area contributed by atoms with E-state index >= 15 is 0 Å². The van der Waals surface area contributed by atoms with Crippen molar-refractivity contribution in [3.8, 4) is 17.2 Å². The molecule has 0 radical (unpaired) electrons. The van der Waals surface area contributed by atoms with Crippen molar-refractivity contribution in [1.29, 1.82) is 0 Å². The molecule has 1 saturated heterocycles. The summed E-state index contributed by atoms with van der Waals surface area (Å²) in [6.07, 6.45) is 2.26. The molecule has 37 heavy (non-hydrogen) atoms. The Morgan fingerprint density at radius 3 is 2.38 bits per heavy atom. The van der Waals surface area contributed by atoms with Crippen LogP contribution in [0, 0.1) is 0 Å². The van der Waals surface area contributed by atoms with E-state index in [9.17, 15) is 14.4 Å². The number of hydrogen-bond acceptors (Lipinski definition) is 6. The molecule has 3 aromatic carbocycles. The van der Waals surface area contributed by atoms with Gasteiger partial charge in [-0.3, -0.25) is 14.9 Å². The number of barbiturate groups is 1. The van der Waals surface area contributed by atoms with Crippen LogP contribution in [0.15, 0.2) is 76.8 Å². The summed E-state index contributed by atoms with van der Waals surface area (Å²) >= 11 is 3.49. The van der Waals surface area contributed by atoms with Gasteiger partial charge in [0, 0.05) is 0 Å². The summed E-state index contributed by atoms with van der Waals surface area (Å²) in [5, 5.41) is 2.23. The lowest BCUT2D eigenvalue weighted by Crippen LogP contribution is -2.54. The third-order valence-electron chi connectivity index (χ3n) is 5.46. The average molecular weight is 565 g/mol. The predicted molar refractivity (Wildman–Crippen MR) is 143 cm³/mol. The number of urea groups is 1. The molecule has 0 aliphatic carbocycles. The quantitative estimate of drug-likeness (QED) is 0.273. The molecule has 0 aromatic heterocycles. The van der Waals surface area contributed by atoms with Crippen LogP contribution in [0.4, 0.5) is 10.5 Å². The van der Waals surface area contributed by atoms with E-state index in [1.807, 2.05) is 37.3 Å². The number of ether oxygens (including phenoxy) is 3. The summed E-state index contributed by atoms with van der Waals surface area (Å²) in [5.41, 5.74) is 1.61. The van der Waals surface area contributed by atoms with Crippen molar-refractivity contribution >= 4 is 45.5 Å². The minimum atomic E-state index is -0.821. The maximum Gasteiger partial charge on any atom is 0.335 e. The number of carbonyl (C=O) groups is 3. The van der Waals surface area contributed by atoms with Gasteiger partial charge in [0.15, 0.2) is 11.5 Å². The molecule has 0 atom stereocenters. The van der Waals surface area contributed by atoms with Crippen LogP contribution in [0.5, 0.6) is 17.2 Å². The van der Waals surface area contributed by atoms with E-state index < -0.39 is 17.8 Å². The first-order valence-electron chi connectivity index (χ1n) is 11.6. The first-order chi connectivity index (χ1) is 17.9. The van der Waals surface area contributed by atoms with Gasteiger partial charge in [-0.15, -0.1) is 0 Å². The van der Waals surface area contributed by atoms with Crippen molar-refractivity contribution in [3.05, 3.63) is 87.9 Å². The molecule has 4 rings (SSSR count). The second kappa shape index (κ2) is 11.7. The SMILES string of the molecule is CCCOc1ccc(N2C(=O)NC(=O)/C(=C/c3cc(Br)c(OCc4ccccc4)c(OC)c3)C2=O)cc1. The van der Waals surface area contributed by atoms with Crippen molar-refractivity contribution in [3.63, 3.8) is 0 Å². The van der Waals surface area contributed by atoms with Gasteiger partial charge >= 0.3 is 6.03 Å². The minimum absolute atomic E-state index is 0.196. The number of nitrogens with zero attached hydrogens (tertiary/aromatic N) is 1. The van der Waals surface area contributed by atoms with Crippen molar-refractivity contribution < 1.29 is 28.6 Å². The highest BCUT2D eigenvalue weighted by Gasteiger charge is 2.37. The summed E-state index contributed by atoms with van der Waals surface area (Å²) in [7, 11) is 1.50. The van der Waals surface area contributed by atoms with Crippen LogP contribution in [0.1, 0.15) is 24.5 Å². The zero-order chi connectivity index (χ0) is 26.4. The molecule has 1 aliphatic rings. The van der Waals surface area contributed by atoms with Gasteiger partial charge in [-0.1, -0.05) is 37.3 Å². The molecular formula is C28H25BrN2O6. The molecule has 3 aromatic rings. The molecule has 1 aliphatic heterocycles. The van der Waals surface area contributed by atoms with E-state index in [2.05, 4.69) is 21.2 Å². The standard InChI is InChI=1S/C28H25BrN2O6/c1-3-13-36-21-11-9-20(10-12-21)31-27(33)22(26(32)30-28(31)34)14-19-15-23(29)25(24(16-19)35-2)37-17-18-7-5-4-6-8-18/h4-12,14-16H,3,13,17H2,1-2H3,(H,30,32,34)/b22-14-. The van der Waals surface area contributed by atoms with Gasteiger partial charge in [0.1, 0.15) is 17.9 Å². The van der Waals surface area contributed by atoms with Gasteiger partial charge in [-0.05, 0) is 76.0 Å². The Bertz CT molecular complexity index is 1340. The summed E-state index contributed by atoms with van der Waals surface area (Å²) in [6, 6.07) is 18.7. The van der Waals surface area contributed by atoms with Crippen LogP contribution in [0.3, 0.4) is 0 Å². The molecule has 190 valence electrons.